The van der Waals surface area contributed by atoms with Gasteiger partial charge in [-0.3, -0.25) is 0 Å². The SMILES string of the molecule is CO[C@@H]1C[C@@H](c2nncn2C)N(S(=O)(=O)c2ccccc2C)C1. The summed E-state index contributed by atoms with van der Waals surface area (Å²) in [6, 6.07) is 6.63. The number of methoxy groups -OCH3 is 1. The lowest BCUT2D eigenvalue weighted by Crippen LogP contribution is -2.33. The number of sulfonamides is 1. The highest BCUT2D eigenvalue weighted by atomic mass is 32.2. The van der Waals surface area contributed by atoms with Crippen LogP contribution in [0.25, 0.3) is 0 Å². The van der Waals surface area contributed by atoms with Gasteiger partial charge in [0.05, 0.1) is 17.0 Å². The molecule has 2 atom stereocenters. The quantitative estimate of drug-likeness (QED) is 0.840. The van der Waals surface area contributed by atoms with Crippen LogP contribution < -0.4 is 0 Å². The fourth-order valence-corrected chi connectivity index (χ4v) is 4.86. The third-order valence-electron chi connectivity index (χ3n) is 4.28. The van der Waals surface area contributed by atoms with Crippen LogP contribution in [0.3, 0.4) is 0 Å². The van der Waals surface area contributed by atoms with Gasteiger partial charge in [-0.25, -0.2) is 8.42 Å². The summed E-state index contributed by atoms with van der Waals surface area (Å²) >= 11 is 0. The normalized spacial score (nSPS) is 22.6. The van der Waals surface area contributed by atoms with E-state index in [0.29, 0.717) is 23.7 Å². The smallest absolute Gasteiger partial charge is 0.244 e. The summed E-state index contributed by atoms with van der Waals surface area (Å²) in [5.41, 5.74) is 0.727. The fraction of sp³-hybridized carbons (Fsp3) is 0.467. The second-order valence-electron chi connectivity index (χ2n) is 5.75. The Kier molecular flexibility index (Phi) is 4.22. The van der Waals surface area contributed by atoms with Gasteiger partial charge in [0, 0.05) is 20.7 Å². The van der Waals surface area contributed by atoms with Gasteiger partial charge in [-0.2, -0.15) is 4.31 Å². The van der Waals surface area contributed by atoms with Crippen molar-refractivity contribution in [1.82, 2.24) is 19.1 Å². The number of aromatic nitrogens is 3. The van der Waals surface area contributed by atoms with E-state index >= 15 is 0 Å². The molecule has 1 aromatic heterocycles. The fourth-order valence-electron chi connectivity index (χ4n) is 3.01. The minimum absolute atomic E-state index is 0.157. The van der Waals surface area contributed by atoms with Crippen LogP contribution in [0.2, 0.25) is 0 Å². The molecule has 7 nitrogen and oxygen atoms in total. The molecule has 2 heterocycles. The molecule has 2 aromatic rings. The van der Waals surface area contributed by atoms with Crippen molar-refractivity contribution in [2.45, 2.75) is 30.4 Å². The second-order valence-corrected chi connectivity index (χ2v) is 7.61. The van der Waals surface area contributed by atoms with Crippen LogP contribution in [0.5, 0.6) is 0 Å². The zero-order valence-corrected chi connectivity index (χ0v) is 14.2. The highest BCUT2D eigenvalue weighted by Gasteiger charge is 2.43. The molecule has 3 rings (SSSR count). The molecule has 0 unspecified atom stereocenters. The zero-order chi connectivity index (χ0) is 16.6. The Morgan fingerprint density at radius 3 is 2.65 bits per heavy atom. The van der Waals surface area contributed by atoms with Crippen LogP contribution >= 0.6 is 0 Å². The lowest BCUT2D eigenvalue weighted by atomic mass is 10.2. The van der Waals surface area contributed by atoms with E-state index in [1.165, 1.54) is 4.31 Å². The Morgan fingerprint density at radius 1 is 1.30 bits per heavy atom. The Morgan fingerprint density at radius 2 is 2.04 bits per heavy atom. The standard InChI is InChI=1S/C15H20N4O3S/c1-11-6-4-5-7-14(11)23(20,21)19-9-12(22-3)8-13(19)15-17-16-10-18(15)2/h4-7,10,12-13H,8-9H2,1-3H3/t12-,13+/m1/s1. The molecular weight excluding hydrogens is 316 g/mol. The Bertz CT molecular complexity index is 803. The maximum atomic E-state index is 13.1. The lowest BCUT2D eigenvalue weighted by molar-refractivity contribution is 0.114. The number of aryl methyl sites for hydroxylation is 2. The number of nitrogens with zero attached hydrogens (tertiary/aromatic N) is 4. The summed E-state index contributed by atoms with van der Waals surface area (Å²) in [4.78, 5) is 0.323. The Hall–Kier alpha value is -1.77. The molecule has 1 saturated heterocycles. The van der Waals surface area contributed by atoms with E-state index in [4.69, 9.17) is 4.74 Å². The van der Waals surface area contributed by atoms with Gasteiger partial charge in [0.25, 0.3) is 0 Å². The predicted octanol–water partition coefficient (Wildman–Crippen LogP) is 1.27. The molecule has 0 aliphatic carbocycles. The van der Waals surface area contributed by atoms with Crippen molar-refractivity contribution in [2.75, 3.05) is 13.7 Å². The van der Waals surface area contributed by atoms with E-state index < -0.39 is 10.0 Å². The van der Waals surface area contributed by atoms with Crippen molar-refractivity contribution in [3.05, 3.63) is 42.0 Å². The molecule has 0 bridgehead atoms. The number of benzene rings is 1. The van der Waals surface area contributed by atoms with Crippen LogP contribution in [0.4, 0.5) is 0 Å². The molecular formula is C15H20N4O3S. The van der Waals surface area contributed by atoms with Gasteiger partial charge in [-0.15, -0.1) is 10.2 Å². The summed E-state index contributed by atoms with van der Waals surface area (Å²) in [6.07, 6.45) is 1.98. The van der Waals surface area contributed by atoms with E-state index in [1.807, 2.05) is 13.1 Å². The first-order valence-corrected chi connectivity index (χ1v) is 8.83. The largest absolute Gasteiger partial charge is 0.380 e. The third-order valence-corrected chi connectivity index (χ3v) is 6.31. The Labute approximate surface area is 135 Å². The molecule has 1 aromatic carbocycles. The molecule has 1 fully saturated rings. The van der Waals surface area contributed by atoms with Crippen molar-refractivity contribution >= 4 is 10.0 Å². The summed E-state index contributed by atoms with van der Waals surface area (Å²) in [7, 11) is -0.219. The first-order valence-electron chi connectivity index (χ1n) is 7.39. The summed E-state index contributed by atoms with van der Waals surface area (Å²) in [5.74, 6) is 0.627. The molecule has 1 aliphatic rings. The van der Waals surface area contributed by atoms with Crippen molar-refractivity contribution in [2.24, 2.45) is 7.05 Å². The molecule has 1 aliphatic heterocycles. The molecule has 23 heavy (non-hydrogen) atoms. The molecule has 124 valence electrons. The van der Waals surface area contributed by atoms with E-state index in [9.17, 15) is 8.42 Å². The van der Waals surface area contributed by atoms with Gasteiger partial charge in [0.15, 0.2) is 5.82 Å². The van der Waals surface area contributed by atoms with Crippen LogP contribution in [0.15, 0.2) is 35.5 Å². The highest BCUT2D eigenvalue weighted by Crippen LogP contribution is 2.37. The molecule has 0 radical (unpaired) electrons. The van der Waals surface area contributed by atoms with Gasteiger partial charge < -0.3 is 9.30 Å². The second kappa shape index (κ2) is 6.03. The molecule has 8 heteroatoms. The van der Waals surface area contributed by atoms with E-state index in [2.05, 4.69) is 10.2 Å². The van der Waals surface area contributed by atoms with Gasteiger partial charge in [0.1, 0.15) is 6.33 Å². The zero-order valence-electron chi connectivity index (χ0n) is 13.4. The highest BCUT2D eigenvalue weighted by molar-refractivity contribution is 7.89. The predicted molar refractivity (Wildman–Crippen MR) is 84.2 cm³/mol. The van der Waals surface area contributed by atoms with E-state index in [-0.39, 0.29) is 12.1 Å². The molecule has 0 N–H and O–H groups in total. The van der Waals surface area contributed by atoms with Gasteiger partial charge >= 0.3 is 0 Å². The molecule has 0 saturated carbocycles. The van der Waals surface area contributed by atoms with Crippen molar-refractivity contribution < 1.29 is 13.2 Å². The summed E-state index contributed by atoms with van der Waals surface area (Å²) in [5, 5.41) is 7.97. The van der Waals surface area contributed by atoms with Crippen LogP contribution in [0.1, 0.15) is 23.9 Å². The minimum atomic E-state index is -3.63. The maximum Gasteiger partial charge on any atom is 0.244 e. The van der Waals surface area contributed by atoms with Crippen molar-refractivity contribution in [3.8, 4) is 0 Å². The van der Waals surface area contributed by atoms with Crippen LogP contribution in [-0.4, -0.2) is 47.2 Å². The monoisotopic (exact) mass is 336 g/mol. The molecule has 0 spiro atoms. The van der Waals surface area contributed by atoms with Crippen molar-refractivity contribution in [1.29, 1.82) is 0 Å². The van der Waals surface area contributed by atoms with Crippen LogP contribution in [-0.2, 0) is 21.8 Å². The van der Waals surface area contributed by atoms with Crippen LogP contribution in [0, 0.1) is 6.92 Å². The van der Waals surface area contributed by atoms with Gasteiger partial charge in [-0.1, -0.05) is 18.2 Å². The number of hydrogen-bond donors (Lipinski definition) is 0. The number of rotatable bonds is 4. The minimum Gasteiger partial charge on any atom is -0.380 e. The van der Waals surface area contributed by atoms with E-state index in [0.717, 1.165) is 5.56 Å². The topological polar surface area (TPSA) is 77.3 Å². The van der Waals surface area contributed by atoms with E-state index in [1.54, 1.807) is 43.1 Å². The summed E-state index contributed by atoms with van der Waals surface area (Å²) < 4.78 is 34.9. The number of ether oxygens (including phenoxy) is 1. The number of hydrogen-bond acceptors (Lipinski definition) is 5. The van der Waals surface area contributed by atoms with Gasteiger partial charge in [-0.05, 0) is 25.0 Å². The lowest BCUT2D eigenvalue weighted by Gasteiger charge is -2.23. The Balaban J connectivity index is 2.05. The van der Waals surface area contributed by atoms with Crippen molar-refractivity contribution in [3.63, 3.8) is 0 Å². The summed E-state index contributed by atoms with van der Waals surface area (Å²) in [6.45, 7) is 2.11. The van der Waals surface area contributed by atoms with Gasteiger partial charge in [0.2, 0.25) is 10.0 Å². The maximum absolute atomic E-state index is 13.1. The first-order chi connectivity index (χ1) is 10.9. The first kappa shape index (κ1) is 16.1. The average molecular weight is 336 g/mol. The average Bonchev–Trinajstić information content (AvgIpc) is 3.13. The molecule has 0 amide bonds. The third kappa shape index (κ3) is 2.77.